The lowest BCUT2D eigenvalue weighted by Gasteiger charge is -2.09. The first-order chi connectivity index (χ1) is 14.0. The average molecular weight is 392 g/mol. The summed E-state index contributed by atoms with van der Waals surface area (Å²) in [5.74, 6) is 9.27. The Bertz CT molecular complexity index is 1280. The number of rotatable bonds is 5. The van der Waals surface area contributed by atoms with Crippen molar-refractivity contribution in [1.82, 2.24) is 18.7 Å². The van der Waals surface area contributed by atoms with Crippen LogP contribution in [0.25, 0.3) is 11.2 Å². The number of aliphatic hydroxyl groups excluding tert-OH is 1. The second-order valence-electron chi connectivity index (χ2n) is 6.26. The fraction of sp³-hybridized carbons (Fsp3) is 0.286. The molecule has 0 spiro atoms. The Morgan fingerprint density at radius 1 is 1.24 bits per heavy atom. The highest BCUT2D eigenvalue weighted by Gasteiger charge is 2.19. The van der Waals surface area contributed by atoms with Gasteiger partial charge in [0.05, 0.1) is 13.7 Å². The molecule has 3 aromatic rings. The maximum absolute atomic E-state index is 12.8. The van der Waals surface area contributed by atoms with Crippen molar-refractivity contribution >= 4 is 11.2 Å². The van der Waals surface area contributed by atoms with Gasteiger partial charge in [-0.25, -0.2) is 14.3 Å². The Labute approximate surface area is 167 Å². The molecule has 0 aliphatic rings. The zero-order valence-electron chi connectivity index (χ0n) is 16.2. The third kappa shape index (κ3) is 3.79. The molecule has 29 heavy (non-hydrogen) atoms. The molecule has 0 amide bonds. The molecule has 0 atom stereocenters. The number of methoxy groups -OCH3 is 1. The van der Waals surface area contributed by atoms with Crippen LogP contribution in [0.4, 0.5) is 0 Å². The van der Waals surface area contributed by atoms with Crippen molar-refractivity contribution in [2.45, 2.75) is 19.5 Å². The summed E-state index contributed by atoms with van der Waals surface area (Å²) in [6.07, 6.45) is 5.66. The summed E-state index contributed by atoms with van der Waals surface area (Å²) in [4.78, 5) is 30.0. The Balaban J connectivity index is 2.21. The van der Waals surface area contributed by atoms with Gasteiger partial charge in [0.25, 0.3) is 5.56 Å². The number of hydrogen-bond acceptors (Lipinski definition) is 5. The molecule has 8 nitrogen and oxygen atoms in total. The maximum Gasteiger partial charge on any atom is 0.333 e. The Morgan fingerprint density at radius 3 is 2.72 bits per heavy atom. The largest absolute Gasteiger partial charge is 0.497 e. The molecule has 0 saturated carbocycles. The predicted molar refractivity (Wildman–Crippen MR) is 109 cm³/mol. The summed E-state index contributed by atoms with van der Waals surface area (Å²) in [6, 6.07) is 7.25. The van der Waals surface area contributed by atoms with E-state index in [1.165, 1.54) is 4.57 Å². The van der Waals surface area contributed by atoms with E-state index in [1.807, 2.05) is 18.2 Å². The first-order valence-electron chi connectivity index (χ1n) is 8.92. The number of benzene rings is 1. The van der Waals surface area contributed by atoms with Crippen molar-refractivity contribution in [2.75, 3.05) is 13.7 Å². The minimum Gasteiger partial charge on any atom is -0.497 e. The molecule has 1 N–H and O–H groups in total. The van der Waals surface area contributed by atoms with Crippen LogP contribution in [0.1, 0.15) is 17.8 Å². The standard InChI is InChI=1S/C21H20N4O4/c1-4-11-25-20(27)18-19(24(21(25)28)12-6-13-26)22-17(23(18)2)10-9-15-7-5-8-16(14-15)29-3/h1,5,7-8,14,26H,6,11-13H2,2-3H3. The van der Waals surface area contributed by atoms with Crippen LogP contribution < -0.4 is 16.0 Å². The van der Waals surface area contributed by atoms with E-state index in [2.05, 4.69) is 22.7 Å². The molecule has 0 unspecified atom stereocenters. The molecular formula is C21H20N4O4. The fourth-order valence-corrected chi connectivity index (χ4v) is 2.96. The third-order valence-electron chi connectivity index (χ3n) is 4.42. The molecule has 0 fully saturated rings. The summed E-state index contributed by atoms with van der Waals surface area (Å²) in [5.41, 5.74) is 0.0950. The van der Waals surface area contributed by atoms with Crippen LogP contribution in [0, 0.1) is 24.2 Å². The second-order valence-corrected chi connectivity index (χ2v) is 6.26. The quantitative estimate of drug-likeness (QED) is 0.632. The molecule has 2 heterocycles. The topological polar surface area (TPSA) is 91.3 Å². The SMILES string of the molecule is C#CCn1c(=O)c2c(nc(C#Cc3cccc(OC)c3)n2C)n(CCCO)c1=O. The second kappa shape index (κ2) is 8.51. The van der Waals surface area contributed by atoms with Gasteiger partial charge in [-0.05, 0) is 30.5 Å². The molecule has 8 heteroatoms. The number of aryl methyl sites for hydroxylation is 2. The number of aliphatic hydroxyl groups is 1. The number of terminal acetylenes is 1. The molecular weight excluding hydrogens is 372 g/mol. The number of hydrogen-bond donors (Lipinski definition) is 1. The summed E-state index contributed by atoms with van der Waals surface area (Å²) in [7, 11) is 3.23. The monoisotopic (exact) mass is 392 g/mol. The van der Waals surface area contributed by atoms with Crippen molar-refractivity contribution in [2.24, 2.45) is 7.05 Å². The highest BCUT2D eigenvalue weighted by molar-refractivity contribution is 5.72. The van der Waals surface area contributed by atoms with Crippen LogP contribution in [-0.2, 0) is 20.1 Å². The molecule has 0 aliphatic carbocycles. The molecule has 0 bridgehead atoms. The minimum absolute atomic E-state index is 0.0997. The van der Waals surface area contributed by atoms with Crippen molar-refractivity contribution in [3.05, 3.63) is 56.5 Å². The highest BCUT2D eigenvalue weighted by atomic mass is 16.5. The van der Waals surface area contributed by atoms with Gasteiger partial charge < -0.3 is 14.4 Å². The molecule has 0 aliphatic heterocycles. The Morgan fingerprint density at radius 2 is 2.03 bits per heavy atom. The number of imidazole rings is 1. The van der Waals surface area contributed by atoms with Crippen molar-refractivity contribution < 1.29 is 9.84 Å². The predicted octanol–water partition coefficient (Wildman–Crippen LogP) is 0.321. The zero-order chi connectivity index (χ0) is 21.0. The molecule has 2 aromatic heterocycles. The molecule has 3 rings (SSSR count). The lowest BCUT2D eigenvalue weighted by Crippen LogP contribution is -2.40. The van der Waals surface area contributed by atoms with E-state index in [1.54, 1.807) is 24.8 Å². The first kappa shape index (κ1) is 20.0. The molecule has 1 aromatic carbocycles. The number of ether oxygens (including phenoxy) is 1. The first-order valence-corrected chi connectivity index (χ1v) is 8.92. The maximum atomic E-state index is 12.8. The van der Waals surface area contributed by atoms with Gasteiger partial charge in [-0.1, -0.05) is 17.9 Å². The van der Waals surface area contributed by atoms with Crippen molar-refractivity contribution in [3.8, 4) is 29.9 Å². The van der Waals surface area contributed by atoms with Crippen LogP contribution in [0.15, 0.2) is 33.9 Å². The molecule has 0 saturated heterocycles. The summed E-state index contributed by atoms with van der Waals surface area (Å²) in [5, 5.41) is 9.16. The smallest absolute Gasteiger partial charge is 0.333 e. The van der Waals surface area contributed by atoms with Crippen molar-refractivity contribution in [1.29, 1.82) is 0 Å². The van der Waals surface area contributed by atoms with Gasteiger partial charge >= 0.3 is 5.69 Å². The van der Waals surface area contributed by atoms with E-state index in [0.717, 1.165) is 10.1 Å². The third-order valence-corrected chi connectivity index (χ3v) is 4.42. The van der Waals surface area contributed by atoms with Gasteiger partial charge in [0.1, 0.15) is 5.75 Å². The van der Waals surface area contributed by atoms with Gasteiger partial charge in [-0.15, -0.1) is 6.42 Å². The Kier molecular flexibility index (Phi) is 5.87. The summed E-state index contributed by atoms with van der Waals surface area (Å²) < 4.78 is 9.07. The van der Waals surface area contributed by atoms with Gasteiger partial charge in [-0.3, -0.25) is 9.36 Å². The normalized spacial score (nSPS) is 10.4. The lowest BCUT2D eigenvalue weighted by atomic mass is 10.2. The van der Waals surface area contributed by atoms with Crippen LogP contribution >= 0.6 is 0 Å². The average Bonchev–Trinajstić information content (AvgIpc) is 3.06. The number of aromatic nitrogens is 4. The van der Waals surface area contributed by atoms with E-state index in [0.29, 0.717) is 18.0 Å². The minimum atomic E-state index is -0.556. The van der Waals surface area contributed by atoms with Crippen LogP contribution in [0.2, 0.25) is 0 Å². The van der Waals surface area contributed by atoms with E-state index in [-0.39, 0.29) is 30.9 Å². The van der Waals surface area contributed by atoms with Crippen LogP contribution in [0.5, 0.6) is 5.75 Å². The van der Waals surface area contributed by atoms with Gasteiger partial charge in [0.2, 0.25) is 0 Å². The van der Waals surface area contributed by atoms with Crippen molar-refractivity contribution in [3.63, 3.8) is 0 Å². The van der Waals surface area contributed by atoms with E-state index in [9.17, 15) is 9.59 Å². The summed E-state index contributed by atoms with van der Waals surface area (Å²) >= 11 is 0. The number of nitrogens with zero attached hydrogens (tertiary/aromatic N) is 4. The van der Waals surface area contributed by atoms with Crippen LogP contribution in [-0.4, -0.2) is 37.5 Å². The molecule has 0 radical (unpaired) electrons. The van der Waals surface area contributed by atoms with Gasteiger partial charge in [-0.2, -0.15) is 0 Å². The highest BCUT2D eigenvalue weighted by Crippen LogP contribution is 2.13. The van der Waals surface area contributed by atoms with E-state index >= 15 is 0 Å². The summed E-state index contributed by atoms with van der Waals surface area (Å²) in [6.45, 7) is -0.0449. The van der Waals surface area contributed by atoms with E-state index in [4.69, 9.17) is 16.3 Å². The Hall–Kier alpha value is -3.75. The zero-order valence-corrected chi connectivity index (χ0v) is 16.2. The van der Waals surface area contributed by atoms with Gasteiger partial charge in [0, 0.05) is 25.8 Å². The fourth-order valence-electron chi connectivity index (χ4n) is 2.96. The molecule has 148 valence electrons. The van der Waals surface area contributed by atoms with Gasteiger partial charge in [0.15, 0.2) is 17.0 Å². The van der Waals surface area contributed by atoms with Crippen LogP contribution in [0.3, 0.4) is 0 Å². The number of fused-ring (bicyclic) bond motifs is 1. The van der Waals surface area contributed by atoms with E-state index < -0.39 is 11.2 Å². The lowest BCUT2D eigenvalue weighted by molar-refractivity contribution is 0.279.